The lowest BCUT2D eigenvalue weighted by molar-refractivity contribution is 0.102. The van der Waals surface area contributed by atoms with Gasteiger partial charge in [-0.05, 0) is 19.1 Å². The van der Waals surface area contributed by atoms with Crippen LogP contribution in [0.1, 0.15) is 22.3 Å². The second-order valence-corrected chi connectivity index (χ2v) is 4.93. The Balaban J connectivity index is 0.00000144. The van der Waals surface area contributed by atoms with E-state index in [-0.39, 0.29) is 18.2 Å². The number of benzene rings is 1. The Hall–Kier alpha value is -0.900. The fraction of sp³-hybridized carbons (Fsp3) is 0.167. The SMILES string of the molecule is CC(=O)c1sc(-c2ccc(Cl)cc2)nc1C.Cl. The van der Waals surface area contributed by atoms with E-state index in [1.54, 1.807) is 6.92 Å². The number of nitrogens with zero attached hydrogens (tertiary/aromatic N) is 1. The molecule has 17 heavy (non-hydrogen) atoms. The molecular formula is C12H11Cl2NOS. The van der Waals surface area contributed by atoms with Gasteiger partial charge in [-0.1, -0.05) is 23.7 Å². The van der Waals surface area contributed by atoms with Gasteiger partial charge in [0, 0.05) is 17.5 Å². The largest absolute Gasteiger partial charge is 0.294 e. The highest BCUT2D eigenvalue weighted by atomic mass is 35.5. The van der Waals surface area contributed by atoms with E-state index in [0.717, 1.165) is 21.1 Å². The monoisotopic (exact) mass is 287 g/mol. The molecule has 1 aromatic heterocycles. The van der Waals surface area contributed by atoms with E-state index in [9.17, 15) is 4.79 Å². The van der Waals surface area contributed by atoms with Gasteiger partial charge in [0.15, 0.2) is 5.78 Å². The summed E-state index contributed by atoms with van der Waals surface area (Å²) in [5, 5.41) is 1.56. The highest BCUT2D eigenvalue weighted by molar-refractivity contribution is 7.17. The Labute approximate surface area is 115 Å². The van der Waals surface area contributed by atoms with Crippen molar-refractivity contribution in [1.82, 2.24) is 4.98 Å². The molecule has 0 aliphatic carbocycles. The third-order valence-corrected chi connectivity index (χ3v) is 3.77. The summed E-state index contributed by atoms with van der Waals surface area (Å²) in [5.41, 5.74) is 1.78. The molecule has 5 heteroatoms. The molecule has 2 rings (SSSR count). The number of rotatable bonds is 2. The average molecular weight is 288 g/mol. The Morgan fingerprint density at radius 1 is 1.29 bits per heavy atom. The second-order valence-electron chi connectivity index (χ2n) is 3.50. The zero-order valence-electron chi connectivity index (χ0n) is 9.36. The minimum absolute atomic E-state index is 0. The Morgan fingerprint density at radius 3 is 2.35 bits per heavy atom. The van der Waals surface area contributed by atoms with E-state index < -0.39 is 0 Å². The Morgan fingerprint density at radius 2 is 1.88 bits per heavy atom. The molecule has 0 fully saturated rings. The van der Waals surface area contributed by atoms with E-state index in [2.05, 4.69) is 4.98 Å². The molecule has 2 nitrogen and oxygen atoms in total. The molecule has 0 radical (unpaired) electrons. The lowest BCUT2D eigenvalue weighted by Gasteiger charge is -1.95. The molecule has 0 saturated heterocycles. The summed E-state index contributed by atoms with van der Waals surface area (Å²) in [5.74, 6) is 0.0650. The Bertz CT molecular complexity index is 534. The summed E-state index contributed by atoms with van der Waals surface area (Å²) >= 11 is 7.24. The first kappa shape index (κ1) is 14.2. The zero-order valence-corrected chi connectivity index (χ0v) is 11.7. The van der Waals surface area contributed by atoms with Crippen LogP contribution in [0.25, 0.3) is 10.6 Å². The molecule has 0 aliphatic rings. The highest BCUT2D eigenvalue weighted by Gasteiger charge is 2.12. The van der Waals surface area contributed by atoms with Gasteiger partial charge in [-0.3, -0.25) is 4.79 Å². The third-order valence-electron chi connectivity index (χ3n) is 2.21. The number of thiazole rings is 1. The fourth-order valence-electron chi connectivity index (χ4n) is 1.44. The summed E-state index contributed by atoms with van der Waals surface area (Å²) in [4.78, 5) is 16.4. The summed E-state index contributed by atoms with van der Waals surface area (Å²) < 4.78 is 0. The fourth-order valence-corrected chi connectivity index (χ4v) is 2.53. The first-order chi connectivity index (χ1) is 7.58. The van der Waals surface area contributed by atoms with Crippen LogP contribution in [0.15, 0.2) is 24.3 Å². The van der Waals surface area contributed by atoms with Crippen LogP contribution in [-0.4, -0.2) is 10.8 Å². The molecule has 0 bridgehead atoms. The number of carbonyl (C=O) groups excluding carboxylic acids is 1. The molecule has 0 amide bonds. The van der Waals surface area contributed by atoms with Crippen molar-refractivity contribution in [3.63, 3.8) is 0 Å². The van der Waals surface area contributed by atoms with Gasteiger partial charge in [0.25, 0.3) is 0 Å². The van der Waals surface area contributed by atoms with E-state index in [1.165, 1.54) is 11.3 Å². The number of hydrogen-bond acceptors (Lipinski definition) is 3. The van der Waals surface area contributed by atoms with Crippen molar-refractivity contribution in [3.05, 3.63) is 39.9 Å². The molecule has 0 spiro atoms. The number of hydrogen-bond donors (Lipinski definition) is 0. The number of Topliss-reactive ketones (excluding diaryl/α,β-unsaturated/α-hetero) is 1. The topological polar surface area (TPSA) is 30.0 Å². The maximum absolute atomic E-state index is 11.3. The normalized spacial score (nSPS) is 9.82. The predicted molar refractivity (Wildman–Crippen MR) is 74.5 cm³/mol. The molecular weight excluding hydrogens is 277 g/mol. The minimum Gasteiger partial charge on any atom is -0.294 e. The molecule has 0 unspecified atom stereocenters. The molecule has 90 valence electrons. The van der Waals surface area contributed by atoms with Gasteiger partial charge < -0.3 is 0 Å². The van der Waals surface area contributed by atoms with Crippen molar-refractivity contribution in [2.75, 3.05) is 0 Å². The van der Waals surface area contributed by atoms with Crippen molar-refractivity contribution < 1.29 is 4.79 Å². The maximum Gasteiger partial charge on any atom is 0.171 e. The van der Waals surface area contributed by atoms with Crippen LogP contribution in [0.4, 0.5) is 0 Å². The van der Waals surface area contributed by atoms with Gasteiger partial charge in [-0.25, -0.2) is 4.98 Å². The third kappa shape index (κ3) is 3.06. The van der Waals surface area contributed by atoms with Crippen molar-refractivity contribution in [2.45, 2.75) is 13.8 Å². The lowest BCUT2D eigenvalue weighted by Crippen LogP contribution is -1.89. The molecule has 2 aromatic rings. The maximum atomic E-state index is 11.3. The first-order valence-corrected chi connectivity index (χ1v) is 6.01. The van der Waals surface area contributed by atoms with E-state index >= 15 is 0 Å². The van der Waals surface area contributed by atoms with Crippen molar-refractivity contribution in [1.29, 1.82) is 0 Å². The molecule has 0 N–H and O–H groups in total. The number of aromatic nitrogens is 1. The van der Waals surface area contributed by atoms with E-state index in [4.69, 9.17) is 11.6 Å². The van der Waals surface area contributed by atoms with E-state index in [1.807, 2.05) is 31.2 Å². The van der Waals surface area contributed by atoms with Crippen LogP contribution >= 0.6 is 35.3 Å². The highest BCUT2D eigenvalue weighted by Crippen LogP contribution is 2.28. The van der Waals surface area contributed by atoms with E-state index in [0.29, 0.717) is 5.02 Å². The molecule has 0 saturated carbocycles. The van der Waals surface area contributed by atoms with Gasteiger partial charge >= 0.3 is 0 Å². The zero-order chi connectivity index (χ0) is 11.7. The quantitative estimate of drug-likeness (QED) is 0.767. The van der Waals surface area contributed by atoms with Crippen molar-refractivity contribution in [2.24, 2.45) is 0 Å². The summed E-state index contributed by atoms with van der Waals surface area (Å²) in [6, 6.07) is 7.46. The van der Waals surface area contributed by atoms with Gasteiger partial charge in [0.1, 0.15) is 5.01 Å². The number of halogens is 2. The number of carbonyl (C=O) groups is 1. The van der Waals surface area contributed by atoms with Crippen LogP contribution in [0.5, 0.6) is 0 Å². The van der Waals surface area contributed by atoms with Gasteiger partial charge in [-0.15, -0.1) is 23.7 Å². The van der Waals surface area contributed by atoms with Crippen LogP contribution < -0.4 is 0 Å². The number of ketones is 1. The summed E-state index contributed by atoms with van der Waals surface area (Å²) in [7, 11) is 0. The van der Waals surface area contributed by atoms with Crippen LogP contribution in [0.2, 0.25) is 5.02 Å². The predicted octanol–water partition coefficient (Wildman–Crippen LogP) is 4.40. The minimum atomic E-state index is 0. The standard InChI is InChI=1S/C12H10ClNOS.ClH/c1-7-11(8(2)15)16-12(14-7)9-3-5-10(13)6-4-9;/h3-6H,1-2H3;1H. The summed E-state index contributed by atoms with van der Waals surface area (Å²) in [6.07, 6.45) is 0. The lowest BCUT2D eigenvalue weighted by atomic mass is 10.2. The van der Waals surface area contributed by atoms with Crippen LogP contribution in [-0.2, 0) is 0 Å². The first-order valence-electron chi connectivity index (χ1n) is 4.82. The van der Waals surface area contributed by atoms with Gasteiger partial charge in [0.05, 0.1) is 10.6 Å². The van der Waals surface area contributed by atoms with Crippen molar-refractivity contribution >= 4 is 41.1 Å². The van der Waals surface area contributed by atoms with Crippen molar-refractivity contribution in [3.8, 4) is 10.6 Å². The number of aryl methyl sites for hydroxylation is 1. The van der Waals surface area contributed by atoms with Crippen LogP contribution in [0.3, 0.4) is 0 Å². The molecule has 0 atom stereocenters. The summed E-state index contributed by atoms with van der Waals surface area (Å²) in [6.45, 7) is 3.42. The second kappa shape index (κ2) is 5.63. The van der Waals surface area contributed by atoms with Gasteiger partial charge in [0.2, 0.25) is 0 Å². The average Bonchev–Trinajstić information content (AvgIpc) is 2.61. The molecule has 1 aromatic carbocycles. The van der Waals surface area contributed by atoms with Gasteiger partial charge in [-0.2, -0.15) is 0 Å². The Kier molecular flexibility index (Phi) is 4.69. The smallest absolute Gasteiger partial charge is 0.171 e. The van der Waals surface area contributed by atoms with Crippen LogP contribution in [0, 0.1) is 6.92 Å². The molecule has 1 heterocycles. The molecule has 0 aliphatic heterocycles.